The van der Waals surface area contributed by atoms with Gasteiger partial charge in [0.25, 0.3) is 0 Å². The van der Waals surface area contributed by atoms with Gasteiger partial charge in [-0.25, -0.2) is 4.68 Å². The molecule has 1 aromatic carbocycles. The minimum Gasteiger partial charge on any atom is -0.497 e. The second-order valence-corrected chi connectivity index (χ2v) is 7.96. The van der Waals surface area contributed by atoms with Gasteiger partial charge < -0.3 is 15.8 Å². The van der Waals surface area contributed by atoms with Crippen molar-refractivity contribution in [3.63, 3.8) is 0 Å². The third-order valence-electron chi connectivity index (χ3n) is 4.46. The van der Waals surface area contributed by atoms with Crippen LogP contribution in [0.2, 0.25) is 0 Å². The quantitative estimate of drug-likeness (QED) is 0.740. The predicted molar refractivity (Wildman–Crippen MR) is 107 cm³/mol. The number of carbonyl (C=O) groups excluding carboxylic acids is 1. The van der Waals surface area contributed by atoms with E-state index in [9.17, 15) is 4.79 Å². The van der Waals surface area contributed by atoms with Crippen LogP contribution in [0.3, 0.4) is 0 Å². The van der Waals surface area contributed by atoms with Crippen molar-refractivity contribution in [3.8, 4) is 5.75 Å². The van der Waals surface area contributed by atoms with Gasteiger partial charge in [0.2, 0.25) is 5.91 Å². The number of hydrogen-bond acceptors (Lipinski definition) is 5. The van der Waals surface area contributed by atoms with E-state index in [-0.39, 0.29) is 17.2 Å². The molecule has 1 amide bonds. The Hall–Kier alpha value is -2.41. The average molecular weight is 374 g/mol. The molecule has 7 nitrogen and oxygen atoms in total. The highest BCUT2D eigenvalue weighted by Gasteiger charge is 2.25. The van der Waals surface area contributed by atoms with Crippen molar-refractivity contribution < 1.29 is 9.53 Å². The first-order valence-corrected chi connectivity index (χ1v) is 9.34. The third kappa shape index (κ3) is 5.79. The van der Waals surface area contributed by atoms with Gasteiger partial charge in [-0.15, -0.1) is 5.10 Å². The number of aromatic nitrogens is 3. The molecule has 0 aliphatic heterocycles. The molecule has 0 aliphatic carbocycles. The number of nitrogens with two attached hydrogens (primary N) is 1. The number of anilines is 1. The van der Waals surface area contributed by atoms with Crippen molar-refractivity contribution in [2.45, 2.75) is 52.5 Å². The second-order valence-electron chi connectivity index (χ2n) is 7.96. The van der Waals surface area contributed by atoms with E-state index in [1.54, 1.807) is 11.8 Å². The minimum absolute atomic E-state index is 0.126. The van der Waals surface area contributed by atoms with Gasteiger partial charge in [0.15, 0.2) is 0 Å². The van der Waals surface area contributed by atoms with Crippen LogP contribution < -0.4 is 15.8 Å². The topological polar surface area (TPSA) is 95.1 Å². The number of nitrogens with one attached hydrogen (secondary N) is 1. The molecule has 148 valence electrons. The summed E-state index contributed by atoms with van der Waals surface area (Å²) in [5, 5.41) is 11.4. The molecule has 27 heavy (non-hydrogen) atoms. The fourth-order valence-electron chi connectivity index (χ4n) is 3.07. The maximum atomic E-state index is 12.7. The summed E-state index contributed by atoms with van der Waals surface area (Å²) >= 11 is 0. The van der Waals surface area contributed by atoms with E-state index in [0.29, 0.717) is 18.7 Å². The molecule has 7 heteroatoms. The van der Waals surface area contributed by atoms with E-state index < -0.39 is 6.04 Å². The Morgan fingerprint density at radius 3 is 2.48 bits per heavy atom. The number of amides is 1. The lowest BCUT2D eigenvalue weighted by atomic mass is 9.83. The van der Waals surface area contributed by atoms with E-state index in [1.165, 1.54) is 0 Å². The molecule has 0 saturated heterocycles. The first kappa shape index (κ1) is 20.9. The third-order valence-corrected chi connectivity index (χ3v) is 4.46. The monoisotopic (exact) mass is 373 g/mol. The first-order chi connectivity index (χ1) is 12.8. The van der Waals surface area contributed by atoms with Gasteiger partial charge in [-0.05, 0) is 42.5 Å². The lowest BCUT2D eigenvalue weighted by Gasteiger charge is -2.23. The Labute approximate surface area is 161 Å². The SMILES string of the molecule is CCC(C(=O)Nc1ccc(OC)cc1)n1cc(C(CN)CC(C)(C)C)nn1. The summed E-state index contributed by atoms with van der Waals surface area (Å²) in [6.07, 6.45) is 3.37. The standard InChI is InChI=1S/C20H31N5O2/c1-6-18(19(26)22-15-7-9-16(27-5)10-8-15)25-13-17(23-24-25)14(12-21)11-20(2,3)4/h7-10,13-14,18H,6,11-12,21H2,1-5H3,(H,22,26). The van der Waals surface area contributed by atoms with Crippen LogP contribution in [0.15, 0.2) is 30.5 Å². The van der Waals surface area contributed by atoms with E-state index in [4.69, 9.17) is 10.5 Å². The van der Waals surface area contributed by atoms with Crippen molar-refractivity contribution in [1.82, 2.24) is 15.0 Å². The lowest BCUT2D eigenvalue weighted by Crippen LogP contribution is -2.26. The zero-order valence-corrected chi connectivity index (χ0v) is 16.9. The van der Waals surface area contributed by atoms with Gasteiger partial charge in [-0.2, -0.15) is 0 Å². The molecular weight excluding hydrogens is 342 g/mol. The number of carbonyl (C=O) groups is 1. The van der Waals surface area contributed by atoms with E-state index >= 15 is 0 Å². The van der Waals surface area contributed by atoms with Crippen LogP contribution in [0.5, 0.6) is 5.75 Å². The van der Waals surface area contributed by atoms with Gasteiger partial charge in [0.05, 0.1) is 12.8 Å². The Bertz CT molecular complexity index is 734. The first-order valence-electron chi connectivity index (χ1n) is 9.34. The molecule has 1 heterocycles. The fourth-order valence-corrected chi connectivity index (χ4v) is 3.07. The summed E-state index contributed by atoms with van der Waals surface area (Å²) in [5.74, 6) is 0.743. The van der Waals surface area contributed by atoms with Gasteiger partial charge in [0, 0.05) is 24.3 Å². The van der Waals surface area contributed by atoms with Gasteiger partial charge in [-0.3, -0.25) is 4.79 Å². The van der Waals surface area contributed by atoms with Crippen molar-refractivity contribution >= 4 is 11.6 Å². The van der Waals surface area contributed by atoms with Crippen LogP contribution in [0.1, 0.15) is 58.2 Å². The number of methoxy groups -OCH3 is 1. The Morgan fingerprint density at radius 1 is 1.30 bits per heavy atom. The summed E-state index contributed by atoms with van der Waals surface area (Å²) in [5.41, 5.74) is 7.64. The Morgan fingerprint density at radius 2 is 1.96 bits per heavy atom. The summed E-state index contributed by atoms with van der Waals surface area (Å²) in [7, 11) is 1.61. The molecule has 0 radical (unpaired) electrons. The van der Waals surface area contributed by atoms with Crippen LogP contribution >= 0.6 is 0 Å². The van der Waals surface area contributed by atoms with Crippen molar-refractivity contribution in [3.05, 3.63) is 36.2 Å². The Balaban J connectivity index is 2.12. The molecular formula is C20H31N5O2. The Kier molecular flexibility index (Phi) is 6.96. The largest absolute Gasteiger partial charge is 0.497 e. The van der Waals surface area contributed by atoms with Crippen molar-refractivity contribution in [2.75, 3.05) is 19.0 Å². The maximum Gasteiger partial charge on any atom is 0.249 e. The number of hydrogen-bond donors (Lipinski definition) is 2. The maximum absolute atomic E-state index is 12.7. The number of rotatable bonds is 8. The summed E-state index contributed by atoms with van der Waals surface area (Å²) < 4.78 is 6.78. The molecule has 0 fully saturated rings. The molecule has 0 spiro atoms. The number of ether oxygens (including phenoxy) is 1. The molecule has 0 saturated carbocycles. The van der Waals surface area contributed by atoms with Crippen molar-refractivity contribution in [1.29, 1.82) is 0 Å². The normalized spacial score (nSPS) is 13.9. The molecule has 2 aromatic rings. The number of nitrogens with zero attached hydrogens (tertiary/aromatic N) is 3. The van der Waals surface area contributed by atoms with Crippen LogP contribution in [0.25, 0.3) is 0 Å². The zero-order chi connectivity index (χ0) is 20.0. The summed E-state index contributed by atoms with van der Waals surface area (Å²) in [4.78, 5) is 12.7. The van der Waals surface area contributed by atoms with Gasteiger partial charge >= 0.3 is 0 Å². The molecule has 2 rings (SSSR count). The van der Waals surface area contributed by atoms with E-state index in [1.807, 2.05) is 37.4 Å². The molecule has 3 N–H and O–H groups in total. The molecule has 0 aliphatic rings. The second kappa shape index (κ2) is 8.99. The molecule has 2 atom stereocenters. The highest BCUT2D eigenvalue weighted by Crippen LogP contribution is 2.30. The average Bonchev–Trinajstić information content (AvgIpc) is 3.09. The van der Waals surface area contributed by atoms with Crippen LogP contribution in [0.4, 0.5) is 5.69 Å². The van der Waals surface area contributed by atoms with Crippen LogP contribution in [-0.4, -0.2) is 34.6 Å². The van der Waals surface area contributed by atoms with Crippen LogP contribution in [-0.2, 0) is 4.79 Å². The summed E-state index contributed by atoms with van der Waals surface area (Å²) in [6.45, 7) is 8.99. The van der Waals surface area contributed by atoms with E-state index in [0.717, 1.165) is 17.9 Å². The van der Waals surface area contributed by atoms with Crippen LogP contribution in [0, 0.1) is 5.41 Å². The smallest absolute Gasteiger partial charge is 0.249 e. The zero-order valence-electron chi connectivity index (χ0n) is 16.9. The highest BCUT2D eigenvalue weighted by molar-refractivity contribution is 5.93. The van der Waals surface area contributed by atoms with Gasteiger partial charge in [-0.1, -0.05) is 32.9 Å². The van der Waals surface area contributed by atoms with Crippen molar-refractivity contribution in [2.24, 2.45) is 11.1 Å². The predicted octanol–water partition coefficient (Wildman–Crippen LogP) is 3.36. The molecule has 1 aromatic heterocycles. The lowest BCUT2D eigenvalue weighted by molar-refractivity contribution is -0.119. The molecule has 2 unspecified atom stereocenters. The van der Waals surface area contributed by atoms with Gasteiger partial charge in [0.1, 0.15) is 11.8 Å². The number of benzene rings is 1. The summed E-state index contributed by atoms with van der Waals surface area (Å²) in [6, 6.07) is 6.81. The van der Waals surface area contributed by atoms with E-state index in [2.05, 4.69) is 36.4 Å². The highest BCUT2D eigenvalue weighted by atomic mass is 16.5. The fraction of sp³-hybridized carbons (Fsp3) is 0.550. The molecule has 0 bridgehead atoms. The minimum atomic E-state index is -0.429.